The van der Waals surface area contributed by atoms with Crippen molar-refractivity contribution in [1.82, 2.24) is 14.6 Å². The standard InChI is InChI=1S/C39H29N3/c1-39(2)32-21-13-12-20-30(32)31-23-22-29(24-33(31)39)36-37(28-18-10-5-11-19-28)41-42-35(27-16-8-4-9-17-27)25-34(40-38(36)42)26-14-6-3-7-15-26/h3-25H,1-2H3. The summed E-state index contributed by atoms with van der Waals surface area (Å²) in [6.07, 6.45) is 0. The number of fused-ring (bicyclic) bond motifs is 4. The first kappa shape index (κ1) is 24.5. The van der Waals surface area contributed by atoms with Crippen molar-refractivity contribution in [2.24, 2.45) is 0 Å². The lowest BCUT2D eigenvalue weighted by molar-refractivity contribution is 0.660. The smallest absolute Gasteiger partial charge is 0.164 e. The van der Waals surface area contributed by atoms with Gasteiger partial charge in [0.25, 0.3) is 0 Å². The van der Waals surface area contributed by atoms with Gasteiger partial charge in [0, 0.05) is 22.1 Å². The number of rotatable bonds is 4. The van der Waals surface area contributed by atoms with E-state index in [1.807, 2.05) is 16.6 Å². The Kier molecular flexibility index (Phi) is 5.48. The van der Waals surface area contributed by atoms with E-state index in [4.69, 9.17) is 10.1 Å². The van der Waals surface area contributed by atoms with E-state index in [-0.39, 0.29) is 5.41 Å². The van der Waals surface area contributed by atoms with E-state index in [0.717, 1.165) is 50.5 Å². The molecule has 0 unspecified atom stereocenters. The molecule has 0 fully saturated rings. The molecule has 2 heterocycles. The van der Waals surface area contributed by atoms with Gasteiger partial charge in [-0.15, -0.1) is 0 Å². The van der Waals surface area contributed by atoms with Crippen LogP contribution in [0.4, 0.5) is 0 Å². The summed E-state index contributed by atoms with van der Waals surface area (Å²) in [6.45, 7) is 4.66. The van der Waals surface area contributed by atoms with Crippen LogP contribution in [0.2, 0.25) is 0 Å². The van der Waals surface area contributed by atoms with Gasteiger partial charge in [-0.1, -0.05) is 141 Å². The predicted molar refractivity (Wildman–Crippen MR) is 172 cm³/mol. The molecule has 0 amide bonds. The highest BCUT2D eigenvalue weighted by atomic mass is 15.3. The van der Waals surface area contributed by atoms with E-state index in [1.54, 1.807) is 0 Å². The molecule has 2 aromatic heterocycles. The maximum absolute atomic E-state index is 5.32. The molecule has 0 spiro atoms. The van der Waals surface area contributed by atoms with Gasteiger partial charge in [-0.3, -0.25) is 0 Å². The molecule has 7 aromatic rings. The Hall–Kier alpha value is -5.28. The highest BCUT2D eigenvalue weighted by molar-refractivity contribution is 5.94. The highest BCUT2D eigenvalue weighted by Gasteiger charge is 2.35. The molecule has 5 aromatic carbocycles. The fourth-order valence-corrected chi connectivity index (χ4v) is 6.51. The van der Waals surface area contributed by atoms with Crippen LogP contribution < -0.4 is 0 Å². The van der Waals surface area contributed by atoms with Crippen molar-refractivity contribution in [1.29, 1.82) is 0 Å². The zero-order valence-corrected chi connectivity index (χ0v) is 23.6. The molecule has 8 rings (SSSR count). The first-order valence-electron chi connectivity index (χ1n) is 14.4. The molecule has 0 radical (unpaired) electrons. The van der Waals surface area contributed by atoms with Crippen molar-refractivity contribution in [3.8, 4) is 56.0 Å². The summed E-state index contributed by atoms with van der Waals surface area (Å²) in [7, 11) is 0. The van der Waals surface area contributed by atoms with Crippen LogP contribution in [0.15, 0.2) is 140 Å². The Balaban J connectivity index is 1.46. The summed E-state index contributed by atoms with van der Waals surface area (Å²) >= 11 is 0. The summed E-state index contributed by atoms with van der Waals surface area (Å²) in [5.41, 5.74) is 14.4. The Morgan fingerprint density at radius 3 is 1.83 bits per heavy atom. The van der Waals surface area contributed by atoms with Crippen LogP contribution in [-0.2, 0) is 5.41 Å². The average molecular weight is 540 g/mol. The molecule has 42 heavy (non-hydrogen) atoms. The van der Waals surface area contributed by atoms with Gasteiger partial charge in [-0.25, -0.2) is 9.50 Å². The lowest BCUT2D eigenvalue weighted by Crippen LogP contribution is -2.14. The van der Waals surface area contributed by atoms with E-state index in [0.29, 0.717) is 0 Å². The molecule has 1 aliphatic carbocycles. The van der Waals surface area contributed by atoms with Crippen molar-refractivity contribution in [2.75, 3.05) is 0 Å². The first-order valence-corrected chi connectivity index (χ1v) is 14.4. The zero-order valence-electron chi connectivity index (χ0n) is 23.6. The quantitative estimate of drug-likeness (QED) is 0.223. The summed E-state index contributed by atoms with van der Waals surface area (Å²) in [5.74, 6) is 0. The van der Waals surface area contributed by atoms with Gasteiger partial charge < -0.3 is 0 Å². The molecule has 3 heteroatoms. The van der Waals surface area contributed by atoms with Gasteiger partial charge in [0.2, 0.25) is 0 Å². The topological polar surface area (TPSA) is 30.2 Å². The molecule has 3 nitrogen and oxygen atoms in total. The van der Waals surface area contributed by atoms with Crippen molar-refractivity contribution < 1.29 is 0 Å². The molecule has 200 valence electrons. The number of aromatic nitrogens is 3. The van der Waals surface area contributed by atoms with Crippen molar-refractivity contribution in [3.63, 3.8) is 0 Å². The monoisotopic (exact) mass is 539 g/mol. The minimum atomic E-state index is -0.102. The summed E-state index contributed by atoms with van der Waals surface area (Å²) < 4.78 is 2.03. The van der Waals surface area contributed by atoms with Gasteiger partial charge >= 0.3 is 0 Å². The van der Waals surface area contributed by atoms with Crippen molar-refractivity contribution >= 4 is 5.65 Å². The van der Waals surface area contributed by atoms with Crippen molar-refractivity contribution in [2.45, 2.75) is 19.3 Å². The third-order valence-corrected chi connectivity index (χ3v) is 8.65. The molecule has 1 aliphatic rings. The Morgan fingerprint density at radius 1 is 0.524 bits per heavy atom. The maximum Gasteiger partial charge on any atom is 0.164 e. The molecule has 0 saturated carbocycles. The molecular formula is C39H29N3. The lowest BCUT2D eigenvalue weighted by atomic mass is 9.81. The molecule has 0 aliphatic heterocycles. The number of nitrogens with zero attached hydrogens (tertiary/aromatic N) is 3. The number of hydrogen-bond acceptors (Lipinski definition) is 2. The predicted octanol–water partition coefficient (Wildman–Crippen LogP) is 9.70. The van der Waals surface area contributed by atoms with Gasteiger partial charge in [-0.2, -0.15) is 5.10 Å². The second kappa shape index (κ2) is 9.39. The van der Waals surface area contributed by atoms with Gasteiger partial charge in [0.05, 0.1) is 17.0 Å². The van der Waals surface area contributed by atoms with Crippen LogP contribution in [0.5, 0.6) is 0 Å². The van der Waals surface area contributed by atoms with Crippen LogP contribution in [0.25, 0.3) is 61.7 Å². The minimum absolute atomic E-state index is 0.102. The van der Waals surface area contributed by atoms with Gasteiger partial charge in [0.1, 0.15) is 5.69 Å². The highest BCUT2D eigenvalue weighted by Crippen LogP contribution is 2.50. The number of benzene rings is 5. The molecule has 0 atom stereocenters. The minimum Gasteiger partial charge on any atom is -0.228 e. The van der Waals surface area contributed by atoms with E-state index < -0.39 is 0 Å². The molecule has 0 bridgehead atoms. The maximum atomic E-state index is 5.32. The first-order chi connectivity index (χ1) is 20.6. The third kappa shape index (κ3) is 3.74. The van der Waals surface area contributed by atoms with Gasteiger partial charge in [-0.05, 0) is 39.9 Å². The van der Waals surface area contributed by atoms with Gasteiger partial charge in [0.15, 0.2) is 5.65 Å². The Bertz CT molecular complexity index is 2090. The molecule has 0 saturated heterocycles. The normalized spacial score (nSPS) is 13.2. The summed E-state index contributed by atoms with van der Waals surface area (Å²) in [4.78, 5) is 5.32. The van der Waals surface area contributed by atoms with E-state index >= 15 is 0 Å². The lowest BCUT2D eigenvalue weighted by Gasteiger charge is -2.22. The Labute approximate surface area is 245 Å². The SMILES string of the molecule is CC1(C)c2ccccc2-c2ccc(-c3c(-c4ccccc4)nn4c(-c5ccccc5)cc(-c5ccccc5)nc34)cc21. The van der Waals surface area contributed by atoms with Crippen LogP contribution >= 0.6 is 0 Å². The second-order valence-electron chi connectivity index (χ2n) is 11.5. The van der Waals surface area contributed by atoms with E-state index in [1.165, 1.54) is 22.3 Å². The fraction of sp³-hybridized carbons (Fsp3) is 0.0769. The van der Waals surface area contributed by atoms with Crippen LogP contribution in [0.1, 0.15) is 25.0 Å². The third-order valence-electron chi connectivity index (χ3n) is 8.65. The van der Waals surface area contributed by atoms with E-state index in [9.17, 15) is 0 Å². The average Bonchev–Trinajstić information content (AvgIpc) is 3.55. The Morgan fingerprint density at radius 2 is 1.12 bits per heavy atom. The summed E-state index contributed by atoms with van der Waals surface area (Å²) in [6, 6.07) is 49.2. The van der Waals surface area contributed by atoms with Crippen LogP contribution in [0.3, 0.4) is 0 Å². The summed E-state index contributed by atoms with van der Waals surface area (Å²) in [5, 5.41) is 5.29. The van der Waals surface area contributed by atoms with Crippen LogP contribution in [-0.4, -0.2) is 14.6 Å². The number of hydrogen-bond donors (Lipinski definition) is 0. The van der Waals surface area contributed by atoms with Crippen molar-refractivity contribution in [3.05, 3.63) is 151 Å². The van der Waals surface area contributed by atoms with E-state index in [2.05, 4.69) is 141 Å². The van der Waals surface area contributed by atoms with Crippen LogP contribution in [0, 0.1) is 0 Å². The molecular weight excluding hydrogens is 510 g/mol. The largest absolute Gasteiger partial charge is 0.228 e. The second-order valence-corrected chi connectivity index (χ2v) is 11.5. The fourth-order valence-electron chi connectivity index (χ4n) is 6.51. The molecule has 0 N–H and O–H groups in total. The zero-order chi connectivity index (χ0) is 28.3.